The van der Waals surface area contributed by atoms with Gasteiger partial charge >= 0.3 is 0 Å². The van der Waals surface area contributed by atoms with E-state index in [-0.39, 0.29) is 12.3 Å². The van der Waals surface area contributed by atoms with E-state index in [0.717, 1.165) is 24.3 Å². The van der Waals surface area contributed by atoms with Crippen LogP contribution in [0.4, 0.5) is 4.39 Å². The third-order valence-corrected chi connectivity index (χ3v) is 1.95. The van der Waals surface area contributed by atoms with Crippen LogP contribution in [0.3, 0.4) is 0 Å². The van der Waals surface area contributed by atoms with Gasteiger partial charge in [0.1, 0.15) is 0 Å². The van der Waals surface area contributed by atoms with Crippen molar-refractivity contribution in [2.75, 3.05) is 6.54 Å². The quantitative estimate of drug-likeness (QED) is 0.386. The lowest BCUT2D eigenvalue weighted by molar-refractivity contribution is -0.162. The standard InChI is InChI=1S/C8H15FN2O/c1-2-3-4-5-10-11-7(9)6-8(11)12/h7,10H,2-6H2,1H3. The Balaban J connectivity index is 2.03. The minimum atomic E-state index is -1.10. The number of carbonyl (C=O) groups is 1. The third-order valence-electron chi connectivity index (χ3n) is 1.95. The monoisotopic (exact) mass is 174 g/mol. The van der Waals surface area contributed by atoms with Crippen LogP contribution in [0.15, 0.2) is 0 Å². The highest BCUT2D eigenvalue weighted by Gasteiger charge is 2.35. The number of rotatable bonds is 5. The highest BCUT2D eigenvalue weighted by molar-refractivity contribution is 5.81. The maximum absolute atomic E-state index is 12.6. The average Bonchev–Trinajstić information content (AvgIpc) is 2.04. The van der Waals surface area contributed by atoms with Crippen LogP contribution in [0.5, 0.6) is 0 Å². The van der Waals surface area contributed by atoms with Gasteiger partial charge < -0.3 is 0 Å². The number of unbranched alkanes of at least 4 members (excludes halogenated alkanes) is 2. The summed E-state index contributed by atoms with van der Waals surface area (Å²) in [7, 11) is 0. The molecule has 0 aromatic carbocycles. The van der Waals surface area contributed by atoms with Crippen LogP contribution in [0.25, 0.3) is 0 Å². The van der Waals surface area contributed by atoms with Gasteiger partial charge in [0, 0.05) is 6.54 Å². The number of nitrogens with one attached hydrogen (secondary N) is 1. The van der Waals surface area contributed by atoms with Gasteiger partial charge in [0.2, 0.25) is 5.91 Å². The molecule has 0 aromatic rings. The maximum atomic E-state index is 12.6. The number of amides is 1. The van der Waals surface area contributed by atoms with E-state index in [4.69, 9.17) is 0 Å². The topological polar surface area (TPSA) is 32.3 Å². The van der Waals surface area contributed by atoms with Crippen molar-refractivity contribution in [2.24, 2.45) is 0 Å². The molecule has 1 amide bonds. The van der Waals surface area contributed by atoms with Gasteiger partial charge in [-0.05, 0) is 6.42 Å². The fourth-order valence-electron chi connectivity index (χ4n) is 1.14. The van der Waals surface area contributed by atoms with Crippen molar-refractivity contribution >= 4 is 5.91 Å². The Kier molecular flexibility index (Phi) is 3.47. The first-order chi connectivity index (χ1) is 5.75. The predicted molar refractivity (Wildman–Crippen MR) is 43.9 cm³/mol. The zero-order chi connectivity index (χ0) is 8.97. The molecule has 1 heterocycles. The van der Waals surface area contributed by atoms with Crippen molar-refractivity contribution in [3.63, 3.8) is 0 Å². The molecule has 3 nitrogen and oxygen atoms in total. The van der Waals surface area contributed by atoms with Crippen LogP contribution in [-0.2, 0) is 4.79 Å². The molecule has 4 heteroatoms. The largest absolute Gasteiger partial charge is 0.273 e. The summed E-state index contributed by atoms with van der Waals surface area (Å²) in [6, 6.07) is 0. The lowest BCUT2D eigenvalue weighted by atomic mass is 10.2. The second-order valence-corrected chi connectivity index (χ2v) is 3.02. The van der Waals surface area contributed by atoms with Crippen molar-refractivity contribution < 1.29 is 9.18 Å². The number of hydrogen-bond donors (Lipinski definition) is 1. The molecule has 1 atom stereocenters. The molecule has 1 unspecified atom stereocenters. The zero-order valence-corrected chi connectivity index (χ0v) is 7.35. The van der Waals surface area contributed by atoms with E-state index in [1.165, 1.54) is 0 Å². The number of alkyl halides is 1. The average molecular weight is 174 g/mol. The molecule has 1 fully saturated rings. The van der Waals surface area contributed by atoms with E-state index in [2.05, 4.69) is 12.3 Å². The van der Waals surface area contributed by atoms with Crippen LogP contribution in [-0.4, -0.2) is 23.8 Å². The van der Waals surface area contributed by atoms with E-state index in [0.29, 0.717) is 6.54 Å². The van der Waals surface area contributed by atoms with Crippen molar-refractivity contribution in [1.29, 1.82) is 0 Å². The summed E-state index contributed by atoms with van der Waals surface area (Å²) in [5.74, 6) is -0.140. The van der Waals surface area contributed by atoms with Gasteiger partial charge in [0.15, 0.2) is 6.30 Å². The Bertz CT molecular complexity index is 163. The summed E-state index contributed by atoms with van der Waals surface area (Å²) in [6.07, 6.45) is 2.19. The molecule has 1 N–H and O–H groups in total. The van der Waals surface area contributed by atoms with Gasteiger partial charge in [-0.1, -0.05) is 19.8 Å². The third kappa shape index (κ3) is 2.17. The second-order valence-electron chi connectivity index (χ2n) is 3.02. The highest BCUT2D eigenvalue weighted by atomic mass is 19.1. The van der Waals surface area contributed by atoms with Crippen molar-refractivity contribution in [2.45, 2.75) is 38.9 Å². The summed E-state index contributed by atoms with van der Waals surface area (Å²) in [4.78, 5) is 10.7. The lowest BCUT2D eigenvalue weighted by Gasteiger charge is -2.34. The van der Waals surface area contributed by atoms with Gasteiger partial charge in [-0.25, -0.2) is 14.8 Å². The molecule has 1 aliphatic heterocycles. The van der Waals surface area contributed by atoms with E-state index in [1.54, 1.807) is 0 Å². The fourth-order valence-corrected chi connectivity index (χ4v) is 1.14. The Hall–Kier alpha value is -0.640. The Morgan fingerprint density at radius 3 is 2.92 bits per heavy atom. The number of β-lactam (4-membered cyclic amide) rings is 1. The second kappa shape index (κ2) is 4.40. The maximum Gasteiger partial charge on any atom is 0.244 e. The molecule has 1 saturated heterocycles. The lowest BCUT2D eigenvalue weighted by Crippen LogP contribution is -2.57. The van der Waals surface area contributed by atoms with Crippen molar-refractivity contribution in [1.82, 2.24) is 10.4 Å². The number of halogens is 1. The van der Waals surface area contributed by atoms with Gasteiger partial charge in [0.05, 0.1) is 6.42 Å². The van der Waals surface area contributed by atoms with E-state index < -0.39 is 6.30 Å². The fraction of sp³-hybridized carbons (Fsp3) is 0.875. The molecular formula is C8H15FN2O. The molecular weight excluding hydrogens is 159 g/mol. The van der Waals surface area contributed by atoms with Crippen LogP contribution in [0, 0.1) is 0 Å². The SMILES string of the molecule is CCCCCNN1C(=O)CC1F. The van der Waals surface area contributed by atoms with Crippen molar-refractivity contribution in [3.05, 3.63) is 0 Å². The number of hydrazine groups is 1. The molecule has 0 radical (unpaired) electrons. The van der Waals surface area contributed by atoms with Crippen LogP contribution < -0.4 is 5.43 Å². The van der Waals surface area contributed by atoms with Crippen LogP contribution in [0.2, 0.25) is 0 Å². The predicted octanol–water partition coefficient (Wildman–Crippen LogP) is 1.21. The van der Waals surface area contributed by atoms with E-state index >= 15 is 0 Å². The van der Waals surface area contributed by atoms with Crippen molar-refractivity contribution in [3.8, 4) is 0 Å². The molecule has 1 aliphatic rings. The highest BCUT2D eigenvalue weighted by Crippen LogP contribution is 2.16. The summed E-state index contributed by atoms with van der Waals surface area (Å²) in [5, 5.41) is 1.08. The number of carbonyl (C=O) groups excluding carboxylic acids is 1. The normalized spacial score (nSPS) is 22.7. The number of hydrogen-bond acceptors (Lipinski definition) is 2. The molecule has 12 heavy (non-hydrogen) atoms. The van der Waals surface area contributed by atoms with Crippen LogP contribution >= 0.6 is 0 Å². The van der Waals surface area contributed by atoms with Gasteiger partial charge in [-0.3, -0.25) is 4.79 Å². The molecule has 0 aromatic heterocycles. The molecule has 70 valence electrons. The Morgan fingerprint density at radius 1 is 1.67 bits per heavy atom. The molecule has 0 bridgehead atoms. The Morgan fingerprint density at radius 2 is 2.42 bits per heavy atom. The minimum absolute atomic E-state index is 0.0424. The Labute approximate surface area is 71.9 Å². The molecule has 0 aliphatic carbocycles. The van der Waals surface area contributed by atoms with Gasteiger partial charge in [-0.15, -0.1) is 0 Å². The summed E-state index contributed by atoms with van der Waals surface area (Å²) < 4.78 is 12.6. The van der Waals surface area contributed by atoms with Gasteiger partial charge in [-0.2, -0.15) is 0 Å². The van der Waals surface area contributed by atoms with E-state index in [1.807, 2.05) is 0 Å². The molecule has 0 spiro atoms. The van der Waals surface area contributed by atoms with Crippen LogP contribution in [0.1, 0.15) is 32.6 Å². The first-order valence-corrected chi connectivity index (χ1v) is 4.45. The smallest absolute Gasteiger partial charge is 0.244 e. The molecule has 1 rings (SSSR count). The minimum Gasteiger partial charge on any atom is -0.273 e. The molecule has 0 saturated carbocycles. The van der Waals surface area contributed by atoms with E-state index in [9.17, 15) is 9.18 Å². The number of nitrogens with zero attached hydrogens (tertiary/aromatic N) is 1. The first-order valence-electron chi connectivity index (χ1n) is 4.45. The van der Waals surface area contributed by atoms with Gasteiger partial charge in [0.25, 0.3) is 0 Å². The zero-order valence-electron chi connectivity index (χ0n) is 7.35. The first kappa shape index (κ1) is 9.45. The summed E-state index contributed by atoms with van der Waals surface area (Å²) in [6.45, 7) is 2.80. The summed E-state index contributed by atoms with van der Waals surface area (Å²) >= 11 is 0. The summed E-state index contributed by atoms with van der Waals surface area (Å²) in [5.41, 5.74) is 2.76.